The van der Waals surface area contributed by atoms with Crippen molar-refractivity contribution in [3.05, 3.63) is 12.7 Å². The Morgan fingerprint density at radius 3 is 2.90 bits per heavy atom. The van der Waals surface area contributed by atoms with Gasteiger partial charge in [-0.3, -0.25) is 4.57 Å². The molecule has 0 aromatic carbocycles. The van der Waals surface area contributed by atoms with Gasteiger partial charge in [0.05, 0.1) is 12.9 Å². The highest BCUT2D eigenvalue weighted by molar-refractivity contribution is 5.81. The number of methoxy groups -OCH3 is 1. The van der Waals surface area contributed by atoms with E-state index in [0.717, 1.165) is 0 Å². The minimum atomic E-state index is -0.953. The molecule has 1 aliphatic rings. The summed E-state index contributed by atoms with van der Waals surface area (Å²) in [5.74, 6) is 0.253. The third kappa shape index (κ3) is 1.83. The van der Waals surface area contributed by atoms with Crippen molar-refractivity contribution in [2.45, 2.75) is 24.5 Å². The lowest BCUT2D eigenvalue weighted by Gasteiger charge is -2.17. The zero-order valence-corrected chi connectivity index (χ0v) is 10.7. The van der Waals surface area contributed by atoms with Crippen LogP contribution in [0.2, 0.25) is 0 Å². The topological polar surface area (TPSA) is 129 Å². The minimum Gasteiger partial charge on any atom is -0.394 e. The highest BCUT2D eigenvalue weighted by atomic mass is 16.6. The van der Waals surface area contributed by atoms with E-state index in [-0.39, 0.29) is 12.4 Å². The second kappa shape index (κ2) is 4.94. The first-order valence-electron chi connectivity index (χ1n) is 6.07. The number of nitrogens with two attached hydrogens (primary N) is 1. The summed E-state index contributed by atoms with van der Waals surface area (Å²) in [6, 6.07) is 0. The van der Waals surface area contributed by atoms with Crippen LogP contribution in [0.3, 0.4) is 0 Å². The van der Waals surface area contributed by atoms with Gasteiger partial charge in [-0.1, -0.05) is 0 Å². The molecule has 0 saturated carbocycles. The number of aliphatic hydroxyl groups is 2. The molecule has 0 radical (unpaired) electrons. The Hall–Kier alpha value is -1.81. The lowest BCUT2D eigenvalue weighted by molar-refractivity contribution is -0.0535. The van der Waals surface area contributed by atoms with Crippen molar-refractivity contribution in [2.75, 3.05) is 19.5 Å². The van der Waals surface area contributed by atoms with E-state index in [0.29, 0.717) is 11.2 Å². The molecule has 1 aliphatic heterocycles. The molecule has 3 heterocycles. The molecule has 1 fully saturated rings. The molecule has 108 valence electrons. The summed E-state index contributed by atoms with van der Waals surface area (Å²) in [4.78, 5) is 12.1. The van der Waals surface area contributed by atoms with Crippen LogP contribution in [0.5, 0.6) is 0 Å². The maximum absolute atomic E-state index is 10.3. The van der Waals surface area contributed by atoms with Crippen LogP contribution in [0, 0.1) is 0 Å². The number of aromatic nitrogens is 4. The van der Waals surface area contributed by atoms with Crippen molar-refractivity contribution in [1.82, 2.24) is 19.5 Å². The number of imidazole rings is 1. The Kier molecular flexibility index (Phi) is 3.26. The van der Waals surface area contributed by atoms with Crippen molar-refractivity contribution in [2.24, 2.45) is 0 Å². The highest BCUT2D eigenvalue weighted by Gasteiger charge is 2.45. The van der Waals surface area contributed by atoms with Gasteiger partial charge >= 0.3 is 0 Å². The van der Waals surface area contributed by atoms with Crippen molar-refractivity contribution < 1.29 is 19.7 Å². The van der Waals surface area contributed by atoms with Crippen molar-refractivity contribution in [3.8, 4) is 0 Å². The van der Waals surface area contributed by atoms with Gasteiger partial charge in [-0.05, 0) is 0 Å². The Morgan fingerprint density at radius 2 is 2.25 bits per heavy atom. The minimum absolute atomic E-state index is 0.253. The second-order valence-corrected chi connectivity index (χ2v) is 4.52. The molecule has 4 atom stereocenters. The van der Waals surface area contributed by atoms with Gasteiger partial charge in [0.1, 0.15) is 30.2 Å². The molecule has 2 aromatic rings. The van der Waals surface area contributed by atoms with Gasteiger partial charge in [0.2, 0.25) is 0 Å². The van der Waals surface area contributed by atoms with E-state index in [1.807, 2.05) is 0 Å². The van der Waals surface area contributed by atoms with Crippen LogP contribution < -0.4 is 5.73 Å². The Morgan fingerprint density at radius 1 is 1.45 bits per heavy atom. The lowest BCUT2D eigenvalue weighted by atomic mass is 10.1. The number of nitrogens with zero attached hydrogens (tertiary/aromatic N) is 4. The number of fused-ring (bicyclic) bond motifs is 1. The smallest absolute Gasteiger partial charge is 0.167 e. The van der Waals surface area contributed by atoms with Crippen LogP contribution in [0.25, 0.3) is 11.2 Å². The van der Waals surface area contributed by atoms with E-state index in [9.17, 15) is 10.2 Å². The maximum Gasteiger partial charge on any atom is 0.167 e. The lowest BCUT2D eigenvalue weighted by Crippen LogP contribution is -2.35. The van der Waals surface area contributed by atoms with Gasteiger partial charge in [-0.2, -0.15) is 0 Å². The average Bonchev–Trinajstić information content (AvgIpc) is 3.00. The molecule has 9 nitrogen and oxygen atoms in total. The summed E-state index contributed by atoms with van der Waals surface area (Å²) >= 11 is 0. The molecule has 0 bridgehead atoms. The second-order valence-electron chi connectivity index (χ2n) is 4.52. The molecular formula is C11H15N5O4. The third-order valence-corrected chi connectivity index (χ3v) is 3.42. The van der Waals surface area contributed by atoms with Crippen LogP contribution >= 0.6 is 0 Å². The van der Waals surface area contributed by atoms with Gasteiger partial charge in [-0.15, -0.1) is 0 Å². The van der Waals surface area contributed by atoms with E-state index < -0.39 is 24.5 Å². The summed E-state index contributed by atoms with van der Waals surface area (Å²) in [5, 5.41) is 19.5. The van der Waals surface area contributed by atoms with E-state index in [2.05, 4.69) is 15.0 Å². The van der Waals surface area contributed by atoms with Gasteiger partial charge in [0, 0.05) is 7.11 Å². The van der Waals surface area contributed by atoms with Crippen LogP contribution in [-0.4, -0.2) is 61.8 Å². The number of nitrogen functional groups attached to an aromatic ring is 1. The fraction of sp³-hybridized carbons (Fsp3) is 0.545. The number of hydrogen-bond donors (Lipinski definition) is 3. The fourth-order valence-electron chi connectivity index (χ4n) is 2.44. The number of hydrogen-bond acceptors (Lipinski definition) is 8. The van der Waals surface area contributed by atoms with Crippen molar-refractivity contribution in [3.63, 3.8) is 0 Å². The molecular weight excluding hydrogens is 266 g/mol. The summed E-state index contributed by atoms with van der Waals surface area (Å²) < 4.78 is 12.3. The highest BCUT2D eigenvalue weighted by Crippen LogP contribution is 2.32. The van der Waals surface area contributed by atoms with Crippen molar-refractivity contribution >= 4 is 17.0 Å². The first-order valence-corrected chi connectivity index (χ1v) is 6.07. The Labute approximate surface area is 114 Å². The van der Waals surface area contributed by atoms with E-state index in [1.165, 1.54) is 19.8 Å². The summed E-state index contributed by atoms with van der Waals surface area (Å²) in [7, 11) is 1.45. The largest absolute Gasteiger partial charge is 0.394 e. The number of anilines is 1. The zero-order chi connectivity index (χ0) is 14.3. The number of ether oxygens (including phenoxy) is 2. The van der Waals surface area contributed by atoms with Crippen LogP contribution in [-0.2, 0) is 9.47 Å². The summed E-state index contributed by atoms with van der Waals surface area (Å²) in [6.45, 7) is -0.254. The van der Waals surface area contributed by atoms with E-state index in [1.54, 1.807) is 4.57 Å². The van der Waals surface area contributed by atoms with Gasteiger partial charge < -0.3 is 25.4 Å². The molecule has 0 amide bonds. The first-order chi connectivity index (χ1) is 9.67. The van der Waals surface area contributed by atoms with Crippen LogP contribution in [0.1, 0.15) is 6.23 Å². The number of rotatable bonds is 3. The molecule has 3 rings (SSSR count). The van der Waals surface area contributed by atoms with Crippen molar-refractivity contribution in [1.29, 1.82) is 0 Å². The molecule has 0 aliphatic carbocycles. The van der Waals surface area contributed by atoms with Gasteiger partial charge in [0.25, 0.3) is 0 Å². The van der Waals surface area contributed by atoms with Gasteiger partial charge in [-0.25, -0.2) is 15.0 Å². The SMILES string of the molecule is CO[C@@H]1[C@@H](O)[C@@H](n2cnc3c(N)ncnc32)O[C@@H]1CO. The Balaban J connectivity index is 2.01. The molecule has 20 heavy (non-hydrogen) atoms. The predicted octanol–water partition coefficient (Wildman–Crippen LogP) is -1.33. The standard InChI is InChI=1S/C11H15N5O4/c1-19-8-5(2-17)20-11(7(8)18)16-4-15-6-9(12)13-3-14-10(6)16/h3-5,7-8,11,17-18H,2H2,1H3,(H2,12,13,14)/t5-,7-,8+,11+/m1/s1. The number of aliphatic hydroxyl groups excluding tert-OH is 2. The fourth-order valence-corrected chi connectivity index (χ4v) is 2.44. The Bertz CT molecular complexity index is 618. The normalized spacial score (nSPS) is 30.1. The third-order valence-electron chi connectivity index (χ3n) is 3.42. The zero-order valence-electron chi connectivity index (χ0n) is 10.7. The van der Waals surface area contributed by atoms with Gasteiger partial charge in [0.15, 0.2) is 17.7 Å². The first kappa shape index (κ1) is 13.2. The van der Waals surface area contributed by atoms with Crippen LogP contribution in [0.15, 0.2) is 12.7 Å². The molecule has 0 unspecified atom stereocenters. The summed E-state index contributed by atoms with van der Waals surface area (Å²) in [5.41, 5.74) is 6.60. The predicted molar refractivity (Wildman–Crippen MR) is 67.5 cm³/mol. The van der Waals surface area contributed by atoms with E-state index in [4.69, 9.17) is 15.2 Å². The molecule has 2 aromatic heterocycles. The van der Waals surface area contributed by atoms with E-state index >= 15 is 0 Å². The quantitative estimate of drug-likeness (QED) is 0.631. The molecule has 0 spiro atoms. The molecule has 4 N–H and O–H groups in total. The monoisotopic (exact) mass is 281 g/mol. The molecule has 1 saturated heterocycles. The average molecular weight is 281 g/mol. The van der Waals surface area contributed by atoms with Crippen LogP contribution in [0.4, 0.5) is 5.82 Å². The molecule has 9 heteroatoms. The maximum atomic E-state index is 10.3. The summed E-state index contributed by atoms with van der Waals surface area (Å²) in [6.07, 6.45) is -0.162.